The molecule has 0 saturated carbocycles. The van der Waals surface area contributed by atoms with Gasteiger partial charge in [0.25, 0.3) is 0 Å². The lowest BCUT2D eigenvalue weighted by molar-refractivity contribution is 0.0697. The number of carbonyl (C=O) groups is 1. The quantitative estimate of drug-likeness (QED) is 0.400. The van der Waals surface area contributed by atoms with Crippen molar-refractivity contribution in [3.8, 4) is 33.8 Å². The third kappa shape index (κ3) is 4.63. The number of rotatable bonds is 6. The molecule has 0 aliphatic heterocycles. The summed E-state index contributed by atoms with van der Waals surface area (Å²) in [5.74, 6) is -0.601. The van der Waals surface area contributed by atoms with Crippen LogP contribution in [-0.2, 0) is 6.54 Å². The van der Waals surface area contributed by atoms with Gasteiger partial charge in [-0.3, -0.25) is 0 Å². The number of nitrogens with two attached hydrogens (primary N) is 1. The lowest BCUT2D eigenvalue weighted by Gasteiger charge is -2.11. The van der Waals surface area contributed by atoms with Gasteiger partial charge in [0.15, 0.2) is 0 Å². The van der Waals surface area contributed by atoms with E-state index >= 15 is 0 Å². The van der Waals surface area contributed by atoms with Crippen LogP contribution >= 0.6 is 0 Å². The summed E-state index contributed by atoms with van der Waals surface area (Å²) in [6.45, 7) is 0.400. The van der Waals surface area contributed by atoms with Gasteiger partial charge in [-0.25, -0.2) is 9.18 Å². The molecule has 4 rings (SSSR count). The van der Waals surface area contributed by atoms with Crippen LogP contribution in [0.25, 0.3) is 22.3 Å². The highest BCUT2D eigenvalue weighted by Crippen LogP contribution is 2.32. The van der Waals surface area contributed by atoms with Gasteiger partial charge in [0, 0.05) is 12.6 Å². The Balaban J connectivity index is 1.67. The molecule has 0 aliphatic carbocycles. The van der Waals surface area contributed by atoms with Crippen LogP contribution in [0.2, 0.25) is 0 Å². The fourth-order valence-electron chi connectivity index (χ4n) is 3.45. The van der Waals surface area contributed by atoms with Crippen molar-refractivity contribution in [2.75, 3.05) is 0 Å². The second-order valence-corrected chi connectivity index (χ2v) is 7.06. The highest BCUT2D eigenvalue weighted by molar-refractivity contribution is 5.96. The largest absolute Gasteiger partial charge is 0.478 e. The minimum Gasteiger partial charge on any atom is -0.478 e. The molecule has 0 heterocycles. The average Bonchev–Trinajstić information content (AvgIpc) is 2.79. The van der Waals surface area contributed by atoms with Gasteiger partial charge in [0.2, 0.25) is 0 Å². The highest BCUT2D eigenvalue weighted by atomic mass is 19.1. The van der Waals surface area contributed by atoms with Crippen LogP contribution in [0.4, 0.5) is 4.39 Å². The normalized spacial score (nSPS) is 10.6. The monoisotopic (exact) mass is 413 g/mol. The maximum Gasteiger partial charge on any atom is 0.336 e. The van der Waals surface area contributed by atoms with Gasteiger partial charge in [-0.15, -0.1) is 0 Å². The van der Waals surface area contributed by atoms with Gasteiger partial charge in [-0.05, 0) is 64.2 Å². The summed E-state index contributed by atoms with van der Waals surface area (Å²) < 4.78 is 20.2. The molecule has 4 nitrogen and oxygen atoms in total. The Bertz CT molecular complexity index is 1250. The topological polar surface area (TPSA) is 72.5 Å². The van der Waals surface area contributed by atoms with Crippen molar-refractivity contribution in [1.82, 2.24) is 0 Å². The summed E-state index contributed by atoms with van der Waals surface area (Å²) in [6.07, 6.45) is 0. The second-order valence-electron chi connectivity index (χ2n) is 7.06. The Labute approximate surface area is 179 Å². The number of benzene rings is 4. The first-order valence-electron chi connectivity index (χ1n) is 9.74. The molecule has 0 atom stereocenters. The lowest BCUT2D eigenvalue weighted by atomic mass is 9.99. The van der Waals surface area contributed by atoms with Crippen molar-refractivity contribution < 1.29 is 19.0 Å². The van der Waals surface area contributed by atoms with Gasteiger partial charge in [0.05, 0.1) is 5.56 Å². The fourth-order valence-corrected chi connectivity index (χ4v) is 3.45. The van der Waals surface area contributed by atoms with E-state index < -0.39 is 11.8 Å². The van der Waals surface area contributed by atoms with Crippen LogP contribution in [0.1, 0.15) is 15.9 Å². The van der Waals surface area contributed by atoms with E-state index in [9.17, 15) is 14.3 Å². The van der Waals surface area contributed by atoms with Gasteiger partial charge < -0.3 is 15.6 Å². The Morgan fingerprint density at radius 2 is 1.55 bits per heavy atom. The van der Waals surface area contributed by atoms with Crippen LogP contribution in [0.3, 0.4) is 0 Å². The Kier molecular flexibility index (Phi) is 5.78. The number of carboxylic acids is 1. The number of hydrogen-bond donors (Lipinski definition) is 2. The molecule has 31 heavy (non-hydrogen) atoms. The molecule has 3 N–H and O–H groups in total. The van der Waals surface area contributed by atoms with E-state index in [2.05, 4.69) is 0 Å². The molecule has 0 unspecified atom stereocenters. The van der Waals surface area contributed by atoms with Crippen LogP contribution < -0.4 is 10.5 Å². The predicted octanol–water partition coefficient (Wildman–Crippen LogP) is 6.11. The summed E-state index contributed by atoms with van der Waals surface area (Å²) in [5, 5.41) is 9.46. The van der Waals surface area contributed by atoms with Crippen molar-refractivity contribution in [3.63, 3.8) is 0 Å². The molecule has 0 bridgehead atoms. The Hall–Kier alpha value is -3.96. The first kappa shape index (κ1) is 20.3. The van der Waals surface area contributed by atoms with E-state index in [1.165, 1.54) is 12.1 Å². The molecular formula is C26H20FNO3. The lowest BCUT2D eigenvalue weighted by Crippen LogP contribution is -1.99. The highest BCUT2D eigenvalue weighted by Gasteiger charge is 2.12. The minimum atomic E-state index is -1.00. The van der Waals surface area contributed by atoms with Gasteiger partial charge >= 0.3 is 5.97 Å². The van der Waals surface area contributed by atoms with Crippen molar-refractivity contribution in [1.29, 1.82) is 0 Å². The minimum absolute atomic E-state index is 0.201. The molecule has 0 aliphatic rings. The molecule has 0 radical (unpaired) electrons. The van der Waals surface area contributed by atoms with E-state index in [0.29, 0.717) is 34.7 Å². The third-order valence-electron chi connectivity index (χ3n) is 4.91. The second kappa shape index (κ2) is 8.81. The first-order valence-corrected chi connectivity index (χ1v) is 9.74. The zero-order valence-electron chi connectivity index (χ0n) is 16.6. The third-order valence-corrected chi connectivity index (χ3v) is 4.91. The maximum atomic E-state index is 14.3. The Morgan fingerprint density at radius 1 is 0.806 bits per heavy atom. The molecule has 0 fully saturated rings. The van der Waals surface area contributed by atoms with E-state index in [1.54, 1.807) is 48.5 Å². The number of halogens is 1. The standard InChI is InChI=1S/C26H20FNO3/c27-21-12-20(18-6-3-5-17(11-18)16-28)14-23(15-21)31-22-8-4-7-19(13-22)24-9-1-2-10-25(24)26(29)30/h1-15H,16,28H2,(H,29,30). The summed E-state index contributed by atoms with van der Waals surface area (Å²) in [6, 6.07) is 26.0. The molecule has 4 aromatic carbocycles. The number of carboxylic acid groups (broad SMARTS) is 1. The Morgan fingerprint density at radius 3 is 2.35 bits per heavy atom. The maximum absolute atomic E-state index is 14.3. The fraction of sp³-hybridized carbons (Fsp3) is 0.0385. The van der Waals surface area contributed by atoms with E-state index in [1.807, 2.05) is 30.3 Å². The van der Waals surface area contributed by atoms with Gasteiger partial charge in [-0.1, -0.05) is 48.5 Å². The van der Waals surface area contributed by atoms with Crippen molar-refractivity contribution in [3.05, 3.63) is 108 Å². The molecule has 4 aromatic rings. The molecule has 0 amide bonds. The summed E-state index contributed by atoms with van der Waals surface area (Å²) >= 11 is 0. The molecular weight excluding hydrogens is 393 g/mol. The SMILES string of the molecule is NCc1cccc(-c2cc(F)cc(Oc3cccc(-c4ccccc4C(=O)O)c3)c2)c1. The van der Waals surface area contributed by atoms with Crippen molar-refractivity contribution in [2.45, 2.75) is 6.54 Å². The molecule has 0 spiro atoms. The average molecular weight is 413 g/mol. The van der Waals surface area contributed by atoms with Gasteiger partial charge in [0.1, 0.15) is 17.3 Å². The number of ether oxygens (including phenoxy) is 1. The zero-order chi connectivity index (χ0) is 21.8. The van der Waals surface area contributed by atoms with Crippen molar-refractivity contribution >= 4 is 5.97 Å². The van der Waals surface area contributed by atoms with Crippen LogP contribution in [0.5, 0.6) is 11.5 Å². The van der Waals surface area contributed by atoms with Crippen LogP contribution in [-0.4, -0.2) is 11.1 Å². The zero-order valence-corrected chi connectivity index (χ0v) is 16.6. The summed E-state index contributed by atoms with van der Waals surface area (Å²) in [7, 11) is 0. The smallest absolute Gasteiger partial charge is 0.336 e. The van der Waals surface area contributed by atoms with Crippen LogP contribution in [0.15, 0.2) is 91.0 Å². The predicted molar refractivity (Wildman–Crippen MR) is 119 cm³/mol. The molecule has 154 valence electrons. The summed E-state index contributed by atoms with van der Waals surface area (Å²) in [4.78, 5) is 11.5. The molecule has 0 aromatic heterocycles. The van der Waals surface area contributed by atoms with E-state index in [-0.39, 0.29) is 5.56 Å². The number of aromatic carboxylic acids is 1. The van der Waals surface area contributed by atoms with E-state index in [4.69, 9.17) is 10.5 Å². The van der Waals surface area contributed by atoms with E-state index in [0.717, 1.165) is 11.1 Å². The number of hydrogen-bond acceptors (Lipinski definition) is 3. The van der Waals surface area contributed by atoms with Crippen molar-refractivity contribution in [2.24, 2.45) is 5.73 Å². The summed E-state index contributed by atoms with van der Waals surface area (Å²) in [5.41, 5.74) is 9.67. The molecule has 0 saturated heterocycles. The van der Waals surface area contributed by atoms with Crippen LogP contribution in [0, 0.1) is 5.82 Å². The van der Waals surface area contributed by atoms with Gasteiger partial charge in [-0.2, -0.15) is 0 Å². The first-order chi connectivity index (χ1) is 15.0. The molecule has 5 heteroatoms.